The van der Waals surface area contributed by atoms with E-state index in [0.29, 0.717) is 43.1 Å². The van der Waals surface area contributed by atoms with E-state index in [-0.39, 0.29) is 30.2 Å². The van der Waals surface area contributed by atoms with Crippen LogP contribution in [0, 0.1) is 5.92 Å². The van der Waals surface area contributed by atoms with Crippen LogP contribution in [-0.4, -0.2) is 42.3 Å². The molecular formula is C22H24ClN3O3. The normalized spacial score (nSPS) is 14.3. The molecule has 0 radical (unpaired) electrons. The van der Waals surface area contributed by atoms with E-state index < -0.39 is 0 Å². The summed E-state index contributed by atoms with van der Waals surface area (Å²) in [6.45, 7) is 1.44. The molecule has 2 aromatic rings. The third-order valence-corrected chi connectivity index (χ3v) is 5.29. The van der Waals surface area contributed by atoms with Gasteiger partial charge in [0.25, 0.3) is 5.91 Å². The van der Waals surface area contributed by atoms with Crippen LogP contribution < -0.4 is 10.6 Å². The van der Waals surface area contributed by atoms with Crippen molar-refractivity contribution in [3.05, 3.63) is 70.7 Å². The maximum absolute atomic E-state index is 12.4. The molecule has 2 N–H and O–H groups in total. The van der Waals surface area contributed by atoms with Crippen molar-refractivity contribution in [2.75, 3.05) is 19.6 Å². The predicted molar refractivity (Wildman–Crippen MR) is 111 cm³/mol. The van der Waals surface area contributed by atoms with Gasteiger partial charge in [-0.2, -0.15) is 0 Å². The SMILES string of the molecule is O=C(NCC(=O)N1CCC(C(=O)NCc2ccc(Cl)cc2)CC1)c1ccccc1. The summed E-state index contributed by atoms with van der Waals surface area (Å²) < 4.78 is 0. The number of amides is 3. The molecule has 0 aromatic heterocycles. The summed E-state index contributed by atoms with van der Waals surface area (Å²) in [5.74, 6) is -0.501. The molecule has 1 aliphatic rings. The molecule has 1 saturated heterocycles. The van der Waals surface area contributed by atoms with Crippen LogP contribution in [0.15, 0.2) is 54.6 Å². The minimum Gasteiger partial charge on any atom is -0.352 e. The van der Waals surface area contributed by atoms with Crippen molar-refractivity contribution in [2.24, 2.45) is 5.92 Å². The van der Waals surface area contributed by atoms with Gasteiger partial charge in [-0.3, -0.25) is 14.4 Å². The quantitative estimate of drug-likeness (QED) is 0.764. The summed E-state index contributed by atoms with van der Waals surface area (Å²) in [4.78, 5) is 38.5. The number of hydrogen-bond donors (Lipinski definition) is 2. The van der Waals surface area contributed by atoms with Crippen molar-refractivity contribution in [1.82, 2.24) is 15.5 Å². The molecule has 3 rings (SSSR count). The molecule has 1 aliphatic heterocycles. The molecule has 7 heteroatoms. The lowest BCUT2D eigenvalue weighted by atomic mass is 9.95. The Morgan fingerprint density at radius 1 is 0.931 bits per heavy atom. The van der Waals surface area contributed by atoms with Gasteiger partial charge < -0.3 is 15.5 Å². The number of piperidine rings is 1. The minimum atomic E-state index is -0.268. The van der Waals surface area contributed by atoms with E-state index in [1.165, 1.54) is 0 Å². The smallest absolute Gasteiger partial charge is 0.251 e. The van der Waals surface area contributed by atoms with Gasteiger partial charge in [0.1, 0.15) is 0 Å². The van der Waals surface area contributed by atoms with E-state index in [1.54, 1.807) is 41.3 Å². The Bertz CT molecular complexity index is 847. The second-order valence-electron chi connectivity index (χ2n) is 7.05. The Balaban J connectivity index is 1.39. The number of carbonyl (C=O) groups excluding carboxylic acids is 3. The topological polar surface area (TPSA) is 78.5 Å². The third-order valence-electron chi connectivity index (χ3n) is 5.03. The molecule has 2 aromatic carbocycles. The highest BCUT2D eigenvalue weighted by Crippen LogP contribution is 2.18. The van der Waals surface area contributed by atoms with Gasteiger partial charge in [0.15, 0.2) is 0 Å². The van der Waals surface area contributed by atoms with Crippen LogP contribution in [0.2, 0.25) is 5.02 Å². The molecule has 1 heterocycles. The van der Waals surface area contributed by atoms with Crippen molar-refractivity contribution in [2.45, 2.75) is 19.4 Å². The zero-order valence-corrected chi connectivity index (χ0v) is 16.8. The monoisotopic (exact) mass is 413 g/mol. The van der Waals surface area contributed by atoms with Crippen LogP contribution in [-0.2, 0) is 16.1 Å². The first-order chi connectivity index (χ1) is 14.0. The third kappa shape index (κ3) is 6.06. The van der Waals surface area contributed by atoms with Gasteiger partial charge in [0.05, 0.1) is 6.54 Å². The van der Waals surface area contributed by atoms with E-state index in [4.69, 9.17) is 11.6 Å². The van der Waals surface area contributed by atoms with E-state index in [9.17, 15) is 14.4 Å². The number of likely N-dealkylation sites (tertiary alicyclic amines) is 1. The maximum Gasteiger partial charge on any atom is 0.251 e. The Hall–Kier alpha value is -2.86. The molecule has 0 bridgehead atoms. The van der Waals surface area contributed by atoms with E-state index >= 15 is 0 Å². The molecule has 0 saturated carbocycles. The molecule has 6 nitrogen and oxygen atoms in total. The zero-order chi connectivity index (χ0) is 20.6. The number of halogens is 1. The largest absolute Gasteiger partial charge is 0.352 e. The summed E-state index contributed by atoms with van der Waals surface area (Å²) in [6.07, 6.45) is 1.23. The average Bonchev–Trinajstić information content (AvgIpc) is 2.77. The number of nitrogens with one attached hydrogen (secondary N) is 2. The van der Waals surface area contributed by atoms with E-state index in [0.717, 1.165) is 5.56 Å². The van der Waals surface area contributed by atoms with Crippen LogP contribution in [0.1, 0.15) is 28.8 Å². The van der Waals surface area contributed by atoms with Crippen molar-refractivity contribution in [1.29, 1.82) is 0 Å². The second kappa shape index (κ2) is 10.1. The van der Waals surface area contributed by atoms with Crippen LogP contribution in [0.3, 0.4) is 0 Å². The Morgan fingerprint density at radius 2 is 1.59 bits per heavy atom. The fraction of sp³-hybridized carbons (Fsp3) is 0.318. The zero-order valence-electron chi connectivity index (χ0n) is 16.1. The van der Waals surface area contributed by atoms with Gasteiger partial charge >= 0.3 is 0 Å². The number of hydrogen-bond acceptors (Lipinski definition) is 3. The fourth-order valence-corrected chi connectivity index (χ4v) is 3.41. The van der Waals surface area contributed by atoms with Crippen LogP contribution in [0.5, 0.6) is 0 Å². The van der Waals surface area contributed by atoms with Crippen molar-refractivity contribution in [3.8, 4) is 0 Å². The Kier molecular flexibility index (Phi) is 7.25. The van der Waals surface area contributed by atoms with Crippen molar-refractivity contribution >= 4 is 29.3 Å². The highest BCUT2D eigenvalue weighted by atomic mass is 35.5. The highest BCUT2D eigenvalue weighted by molar-refractivity contribution is 6.30. The molecule has 0 spiro atoms. The summed E-state index contributed by atoms with van der Waals surface area (Å²) in [7, 11) is 0. The lowest BCUT2D eigenvalue weighted by Gasteiger charge is -2.31. The van der Waals surface area contributed by atoms with Crippen molar-refractivity contribution < 1.29 is 14.4 Å². The number of nitrogens with zero attached hydrogens (tertiary/aromatic N) is 1. The van der Waals surface area contributed by atoms with Gasteiger partial charge in [-0.25, -0.2) is 0 Å². The summed E-state index contributed by atoms with van der Waals surface area (Å²) in [5.41, 5.74) is 1.51. The highest BCUT2D eigenvalue weighted by Gasteiger charge is 2.27. The fourth-order valence-electron chi connectivity index (χ4n) is 3.29. The Morgan fingerprint density at radius 3 is 2.24 bits per heavy atom. The van der Waals surface area contributed by atoms with Gasteiger partial charge in [0.2, 0.25) is 11.8 Å². The molecule has 29 heavy (non-hydrogen) atoms. The average molecular weight is 414 g/mol. The van der Waals surface area contributed by atoms with Crippen LogP contribution in [0.25, 0.3) is 0 Å². The van der Waals surface area contributed by atoms with Crippen LogP contribution in [0.4, 0.5) is 0 Å². The summed E-state index contributed by atoms with van der Waals surface area (Å²) >= 11 is 5.86. The predicted octanol–water partition coefficient (Wildman–Crippen LogP) is 2.62. The Labute approximate surface area is 175 Å². The molecule has 152 valence electrons. The molecule has 0 atom stereocenters. The van der Waals surface area contributed by atoms with Crippen LogP contribution >= 0.6 is 11.6 Å². The second-order valence-corrected chi connectivity index (χ2v) is 7.48. The number of carbonyl (C=O) groups is 3. The molecule has 3 amide bonds. The van der Waals surface area contributed by atoms with Crippen molar-refractivity contribution in [3.63, 3.8) is 0 Å². The van der Waals surface area contributed by atoms with E-state index in [1.807, 2.05) is 18.2 Å². The molecule has 0 aliphatic carbocycles. The summed E-state index contributed by atoms with van der Waals surface area (Å²) in [5, 5.41) is 6.27. The number of benzene rings is 2. The lowest BCUT2D eigenvalue weighted by molar-refractivity contribution is -0.134. The standard InChI is InChI=1S/C22H24ClN3O3/c23-19-8-6-16(7-9-19)14-24-22(29)18-10-12-26(13-11-18)20(27)15-25-21(28)17-4-2-1-3-5-17/h1-9,18H,10-15H2,(H,24,29)(H,25,28). The van der Waals surface area contributed by atoms with Gasteiger partial charge in [-0.15, -0.1) is 0 Å². The molecular weight excluding hydrogens is 390 g/mol. The first-order valence-electron chi connectivity index (χ1n) is 9.66. The molecule has 1 fully saturated rings. The van der Waals surface area contributed by atoms with E-state index in [2.05, 4.69) is 10.6 Å². The maximum atomic E-state index is 12.4. The minimum absolute atomic E-state index is 0.00410. The first kappa shape index (κ1) is 20.9. The van der Waals surface area contributed by atoms with Gasteiger partial charge in [-0.05, 0) is 42.7 Å². The van der Waals surface area contributed by atoms with Gasteiger partial charge in [-0.1, -0.05) is 41.9 Å². The lowest BCUT2D eigenvalue weighted by Crippen LogP contribution is -2.46. The first-order valence-corrected chi connectivity index (χ1v) is 10.0. The number of rotatable bonds is 6. The summed E-state index contributed by atoms with van der Waals surface area (Å²) in [6, 6.07) is 16.1. The van der Waals surface area contributed by atoms with Gasteiger partial charge in [0, 0.05) is 36.1 Å². The molecule has 0 unspecified atom stereocenters.